The largest absolute Gasteiger partial charge is 0.366 e. The number of anilines is 3. The molecule has 6 nitrogen and oxygen atoms in total. The van der Waals surface area contributed by atoms with Gasteiger partial charge in [0.05, 0.1) is 5.69 Å². The molecule has 1 saturated heterocycles. The van der Waals surface area contributed by atoms with Crippen LogP contribution in [-0.2, 0) is 4.79 Å². The number of rotatable bonds is 3. The van der Waals surface area contributed by atoms with Gasteiger partial charge in [-0.15, -0.1) is 0 Å². The van der Waals surface area contributed by atoms with E-state index in [9.17, 15) is 18.4 Å². The lowest BCUT2D eigenvalue weighted by Crippen LogP contribution is -2.50. The van der Waals surface area contributed by atoms with Crippen LogP contribution in [0.15, 0.2) is 42.5 Å². The van der Waals surface area contributed by atoms with Crippen molar-refractivity contribution in [3.8, 4) is 0 Å². The van der Waals surface area contributed by atoms with Gasteiger partial charge in [-0.25, -0.2) is 13.6 Å². The Morgan fingerprint density at radius 3 is 2.04 bits per heavy atom. The van der Waals surface area contributed by atoms with Crippen LogP contribution in [0.3, 0.4) is 0 Å². The van der Waals surface area contributed by atoms with Crippen molar-refractivity contribution in [1.29, 1.82) is 0 Å². The van der Waals surface area contributed by atoms with Gasteiger partial charge in [-0.3, -0.25) is 4.79 Å². The number of nitrogens with one attached hydrogen (secondary N) is 2. The number of halogens is 2. The van der Waals surface area contributed by atoms with E-state index >= 15 is 0 Å². The molecule has 0 spiro atoms. The summed E-state index contributed by atoms with van der Waals surface area (Å²) in [6.45, 7) is 3.18. The highest BCUT2D eigenvalue weighted by Gasteiger charge is 2.23. The van der Waals surface area contributed by atoms with Crippen LogP contribution in [0.1, 0.15) is 6.92 Å². The third kappa shape index (κ3) is 4.72. The summed E-state index contributed by atoms with van der Waals surface area (Å²) in [5.41, 5.74) is 1.60. The Morgan fingerprint density at radius 2 is 1.48 bits per heavy atom. The summed E-state index contributed by atoms with van der Waals surface area (Å²) in [4.78, 5) is 26.8. The zero-order chi connectivity index (χ0) is 19.4. The second-order valence-corrected chi connectivity index (χ2v) is 6.26. The zero-order valence-corrected chi connectivity index (χ0v) is 14.8. The van der Waals surface area contributed by atoms with E-state index in [4.69, 9.17) is 0 Å². The fraction of sp³-hybridized carbons (Fsp3) is 0.263. The molecule has 3 amide bonds. The maximum Gasteiger partial charge on any atom is 0.321 e. The van der Waals surface area contributed by atoms with Crippen molar-refractivity contribution in [3.05, 3.63) is 54.1 Å². The number of urea groups is 1. The minimum Gasteiger partial charge on any atom is -0.366 e. The standard InChI is InChI=1S/C19H20F2N4O2/c1-13(26)22-15-3-5-16(6-4-15)23-19(27)25-10-8-24(9-11-25)18-7-2-14(20)12-17(18)21/h2-7,12H,8-11H2,1H3,(H,22,26)(H,23,27). The second kappa shape index (κ2) is 8.03. The maximum absolute atomic E-state index is 13.9. The van der Waals surface area contributed by atoms with Gasteiger partial charge in [-0.1, -0.05) is 0 Å². The van der Waals surface area contributed by atoms with Gasteiger partial charge < -0.3 is 20.4 Å². The lowest BCUT2D eigenvalue weighted by Gasteiger charge is -2.36. The summed E-state index contributed by atoms with van der Waals surface area (Å²) in [7, 11) is 0. The lowest BCUT2D eigenvalue weighted by atomic mass is 10.2. The average molecular weight is 374 g/mol. The zero-order valence-electron chi connectivity index (χ0n) is 14.8. The molecule has 0 bridgehead atoms. The number of carbonyl (C=O) groups is 2. The number of hydrogen-bond acceptors (Lipinski definition) is 3. The highest BCUT2D eigenvalue weighted by atomic mass is 19.1. The van der Waals surface area contributed by atoms with Crippen LogP contribution in [0, 0.1) is 11.6 Å². The first-order chi connectivity index (χ1) is 12.9. The molecule has 3 rings (SSSR count). The van der Waals surface area contributed by atoms with Gasteiger partial charge in [-0.2, -0.15) is 0 Å². The lowest BCUT2D eigenvalue weighted by molar-refractivity contribution is -0.114. The van der Waals surface area contributed by atoms with E-state index in [1.165, 1.54) is 19.1 Å². The summed E-state index contributed by atoms with van der Waals surface area (Å²) >= 11 is 0. The maximum atomic E-state index is 13.9. The van der Waals surface area contributed by atoms with E-state index in [0.717, 1.165) is 6.07 Å². The summed E-state index contributed by atoms with van der Waals surface area (Å²) in [6.07, 6.45) is 0. The molecule has 1 heterocycles. The minimum absolute atomic E-state index is 0.165. The molecule has 1 aliphatic heterocycles. The molecule has 0 aromatic heterocycles. The molecule has 0 radical (unpaired) electrons. The molecular formula is C19H20F2N4O2. The third-order valence-electron chi connectivity index (χ3n) is 4.27. The number of nitrogens with zero attached hydrogens (tertiary/aromatic N) is 2. The van der Waals surface area contributed by atoms with Crippen LogP contribution in [0.4, 0.5) is 30.6 Å². The molecular weight excluding hydrogens is 354 g/mol. The van der Waals surface area contributed by atoms with Crippen LogP contribution in [0.2, 0.25) is 0 Å². The summed E-state index contributed by atoms with van der Waals surface area (Å²) < 4.78 is 26.9. The van der Waals surface area contributed by atoms with E-state index in [0.29, 0.717) is 43.2 Å². The third-order valence-corrected chi connectivity index (χ3v) is 4.27. The summed E-state index contributed by atoms with van der Waals surface area (Å²) in [5, 5.41) is 5.45. The molecule has 2 N–H and O–H groups in total. The molecule has 2 aromatic rings. The summed E-state index contributed by atoms with van der Waals surface area (Å²) in [6, 6.07) is 10.1. The molecule has 0 saturated carbocycles. The minimum atomic E-state index is -0.612. The van der Waals surface area contributed by atoms with Crippen LogP contribution >= 0.6 is 0 Å². The molecule has 0 aliphatic carbocycles. The highest BCUT2D eigenvalue weighted by molar-refractivity contribution is 5.91. The van der Waals surface area contributed by atoms with E-state index in [1.54, 1.807) is 34.1 Å². The SMILES string of the molecule is CC(=O)Nc1ccc(NC(=O)N2CCN(c3ccc(F)cc3F)CC2)cc1. The first-order valence-corrected chi connectivity index (χ1v) is 8.56. The van der Waals surface area contributed by atoms with Gasteiger partial charge in [-0.05, 0) is 36.4 Å². The van der Waals surface area contributed by atoms with E-state index < -0.39 is 11.6 Å². The van der Waals surface area contributed by atoms with Crippen LogP contribution < -0.4 is 15.5 Å². The monoisotopic (exact) mass is 374 g/mol. The van der Waals surface area contributed by atoms with Crippen LogP contribution in [-0.4, -0.2) is 43.0 Å². The number of piperazine rings is 1. The number of hydrogen-bond donors (Lipinski definition) is 2. The van der Waals surface area contributed by atoms with E-state index in [-0.39, 0.29) is 11.9 Å². The Labute approximate surface area is 155 Å². The number of benzene rings is 2. The number of carbonyl (C=O) groups excluding carboxylic acids is 2. The highest BCUT2D eigenvalue weighted by Crippen LogP contribution is 2.22. The predicted molar refractivity (Wildman–Crippen MR) is 99.9 cm³/mol. The Balaban J connectivity index is 1.54. The van der Waals surface area contributed by atoms with Crippen molar-refractivity contribution in [2.24, 2.45) is 0 Å². The van der Waals surface area contributed by atoms with Crippen molar-refractivity contribution in [1.82, 2.24) is 4.90 Å². The van der Waals surface area contributed by atoms with Gasteiger partial charge in [0.1, 0.15) is 11.6 Å². The smallest absolute Gasteiger partial charge is 0.321 e. The Kier molecular flexibility index (Phi) is 5.54. The molecule has 1 aliphatic rings. The first-order valence-electron chi connectivity index (χ1n) is 8.56. The van der Waals surface area contributed by atoms with E-state index in [1.807, 2.05) is 0 Å². The molecule has 0 atom stereocenters. The summed E-state index contributed by atoms with van der Waals surface area (Å²) in [5.74, 6) is -1.38. The molecule has 8 heteroatoms. The Bertz CT molecular complexity index is 834. The Morgan fingerprint density at radius 1 is 0.889 bits per heavy atom. The number of amides is 3. The second-order valence-electron chi connectivity index (χ2n) is 6.26. The fourth-order valence-electron chi connectivity index (χ4n) is 2.93. The normalized spacial score (nSPS) is 14.0. The molecule has 1 fully saturated rings. The quantitative estimate of drug-likeness (QED) is 0.867. The van der Waals surface area contributed by atoms with Gasteiger partial charge >= 0.3 is 6.03 Å². The average Bonchev–Trinajstić information content (AvgIpc) is 2.63. The van der Waals surface area contributed by atoms with Crippen molar-refractivity contribution >= 4 is 29.0 Å². The van der Waals surface area contributed by atoms with Gasteiger partial charge in [0.15, 0.2) is 0 Å². The molecule has 0 unspecified atom stereocenters. The van der Waals surface area contributed by atoms with Crippen molar-refractivity contribution < 1.29 is 18.4 Å². The van der Waals surface area contributed by atoms with Gasteiger partial charge in [0.25, 0.3) is 0 Å². The first kappa shape index (κ1) is 18.6. The molecule has 2 aromatic carbocycles. The molecule has 27 heavy (non-hydrogen) atoms. The van der Waals surface area contributed by atoms with Crippen LogP contribution in [0.25, 0.3) is 0 Å². The van der Waals surface area contributed by atoms with E-state index in [2.05, 4.69) is 10.6 Å². The van der Waals surface area contributed by atoms with Crippen molar-refractivity contribution in [2.75, 3.05) is 41.7 Å². The van der Waals surface area contributed by atoms with Crippen molar-refractivity contribution in [3.63, 3.8) is 0 Å². The predicted octanol–water partition coefficient (Wildman–Crippen LogP) is 3.28. The van der Waals surface area contributed by atoms with Gasteiger partial charge in [0.2, 0.25) is 5.91 Å². The topological polar surface area (TPSA) is 64.7 Å². The molecule has 142 valence electrons. The Hall–Kier alpha value is -3.16. The fourth-order valence-corrected chi connectivity index (χ4v) is 2.93. The van der Waals surface area contributed by atoms with Gasteiger partial charge in [0, 0.05) is 50.5 Å². The van der Waals surface area contributed by atoms with Crippen LogP contribution in [0.5, 0.6) is 0 Å². The van der Waals surface area contributed by atoms with Crippen molar-refractivity contribution in [2.45, 2.75) is 6.92 Å².